The molecule has 1 rings (SSSR count). The molecule has 13 heavy (non-hydrogen) atoms. The first-order chi connectivity index (χ1) is 6.15. The van der Waals surface area contributed by atoms with Crippen LogP contribution >= 0.6 is 11.8 Å². The Morgan fingerprint density at radius 2 is 2.38 bits per heavy atom. The Balaban J connectivity index is 2.56. The Morgan fingerprint density at radius 3 is 2.85 bits per heavy atom. The molecule has 0 aromatic carbocycles. The van der Waals surface area contributed by atoms with Gasteiger partial charge in [-0.1, -0.05) is 11.8 Å². The summed E-state index contributed by atoms with van der Waals surface area (Å²) in [5.41, 5.74) is 5.44. The molecule has 0 aliphatic rings. The molecule has 1 unspecified atom stereocenters. The number of aryl methyl sites for hydroxylation is 1. The summed E-state index contributed by atoms with van der Waals surface area (Å²) in [5, 5.41) is 17.1. The van der Waals surface area contributed by atoms with Crippen LogP contribution in [0.25, 0.3) is 0 Å². The summed E-state index contributed by atoms with van der Waals surface area (Å²) in [6, 6.07) is 1.52. The molecule has 0 saturated carbocycles. The highest BCUT2D eigenvalue weighted by Crippen LogP contribution is 2.15. The van der Waals surface area contributed by atoms with Gasteiger partial charge >= 0.3 is 0 Å². The molecule has 0 fully saturated rings. The number of rotatable bonds is 3. The fourth-order valence-electron chi connectivity index (χ4n) is 0.715. The van der Waals surface area contributed by atoms with Gasteiger partial charge in [0.05, 0.1) is 6.07 Å². The Bertz CT molecular complexity index is 326. The van der Waals surface area contributed by atoms with Gasteiger partial charge in [-0.3, -0.25) is 0 Å². The van der Waals surface area contributed by atoms with Crippen LogP contribution in [0, 0.1) is 18.3 Å². The van der Waals surface area contributed by atoms with E-state index in [1.165, 1.54) is 11.8 Å². The second-order valence-corrected chi connectivity index (χ2v) is 3.62. The minimum Gasteiger partial charge on any atom is -0.315 e. The van der Waals surface area contributed by atoms with E-state index in [4.69, 9.17) is 11.0 Å². The molecular formula is C7H11N5S. The van der Waals surface area contributed by atoms with Crippen LogP contribution in [0.15, 0.2) is 5.16 Å². The summed E-state index contributed by atoms with van der Waals surface area (Å²) in [4.78, 5) is 0. The van der Waals surface area contributed by atoms with Gasteiger partial charge in [0.15, 0.2) is 5.16 Å². The standard InChI is InChI=1S/C7H11N5S/c1-5-10-11-7(12(5)2)13-4-6(9)3-8/h6H,4,9H2,1-2H3. The molecule has 1 aromatic rings. The van der Waals surface area contributed by atoms with Gasteiger partial charge in [-0.2, -0.15) is 5.26 Å². The normalized spacial score (nSPS) is 12.5. The van der Waals surface area contributed by atoms with E-state index < -0.39 is 6.04 Å². The Kier molecular flexibility index (Phi) is 3.28. The van der Waals surface area contributed by atoms with Gasteiger partial charge in [0.2, 0.25) is 0 Å². The van der Waals surface area contributed by atoms with Crippen LogP contribution in [0.2, 0.25) is 0 Å². The number of nitrogens with zero attached hydrogens (tertiary/aromatic N) is 4. The lowest BCUT2D eigenvalue weighted by Crippen LogP contribution is -2.20. The van der Waals surface area contributed by atoms with Crippen molar-refractivity contribution in [2.45, 2.75) is 18.1 Å². The van der Waals surface area contributed by atoms with Gasteiger partial charge in [0.25, 0.3) is 0 Å². The molecule has 1 atom stereocenters. The first kappa shape index (κ1) is 10.0. The van der Waals surface area contributed by atoms with E-state index in [0.717, 1.165) is 11.0 Å². The summed E-state index contributed by atoms with van der Waals surface area (Å²) >= 11 is 1.44. The number of aromatic nitrogens is 3. The van der Waals surface area contributed by atoms with Crippen molar-refractivity contribution in [2.24, 2.45) is 12.8 Å². The van der Waals surface area contributed by atoms with Crippen LogP contribution in [0.1, 0.15) is 5.82 Å². The third-order valence-electron chi connectivity index (χ3n) is 1.61. The predicted molar refractivity (Wildman–Crippen MR) is 50.1 cm³/mol. The van der Waals surface area contributed by atoms with E-state index in [1.807, 2.05) is 24.6 Å². The average molecular weight is 197 g/mol. The lowest BCUT2D eigenvalue weighted by atomic mass is 10.4. The van der Waals surface area contributed by atoms with Crippen LogP contribution in [0.3, 0.4) is 0 Å². The van der Waals surface area contributed by atoms with E-state index >= 15 is 0 Å². The second-order valence-electron chi connectivity index (χ2n) is 2.64. The third kappa shape index (κ3) is 2.44. The Morgan fingerprint density at radius 1 is 1.69 bits per heavy atom. The smallest absolute Gasteiger partial charge is 0.191 e. The van der Waals surface area contributed by atoms with Crippen molar-refractivity contribution in [3.63, 3.8) is 0 Å². The molecule has 0 radical (unpaired) electrons. The van der Waals surface area contributed by atoms with Crippen molar-refractivity contribution < 1.29 is 0 Å². The maximum absolute atomic E-state index is 8.46. The molecule has 0 spiro atoms. The van der Waals surface area contributed by atoms with Gasteiger partial charge in [-0.15, -0.1) is 10.2 Å². The van der Waals surface area contributed by atoms with Crippen LogP contribution in [0.5, 0.6) is 0 Å². The molecule has 0 bridgehead atoms. The highest BCUT2D eigenvalue weighted by atomic mass is 32.2. The fourth-order valence-corrected chi connectivity index (χ4v) is 1.54. The monoisotopic (exact) mass is 197 g/mol. The van der Waals surface area contributed by atoms with Crippen molar-refractivity contribution in [3.05, 3.63) is 5.82 Å². The fraction of sp³-hybridized carbons (Fsp3) is 0.571. The largest absolute Gasteiger partial charge is 0.315 e. The van der Waals surface area contributed by atoms with Gasteiger partial charge < -0.3 is 10.3 Å². The summed E-state index contributed by atoms with van der Waals surface area (Å²) < 4.78 is 1.87. The molecule has 1 aromatic heterocycles. The number of nitrogens with two attached hydrogens (primary N) is 1. The van der Waals surface area contributed by atoms with Gasteiger partial charge in [-0.05, 0) is 6.92 Å². The maximum Gasteiger partial charge on any atom is 0.191 e. The zero-order chi connectivity index (χ0) is 9.84. The summed E-state index contributed by atoms with van der Waals surface area (Å²) in [7, 11) is 1.88. The molecule has 1 heterocycles. The summed E-state index contributed by atoms with van der Waals surface area (Å²) in [6.07, 6.45) is 0. The number of hydrogen-bond acceptors (Lipinski definition) is 5. The minimum absolute atomic E-state index is 0.443. The molecule has 70 valence electrons. The zero-order valence-electron chi connectivity index (χ0n) is 7.56. The number of thioether (sulfide) groups is 1. The van der Waals surface area contributed by atoms with E-state index in [1.54, 1.807) is 0 Å². The van der Waals surface area contributed by atoms with E-state index in [-0.39, 0.29) is 0 Å². The topological polar surface area (TPSA) is 80.5 Å². The van der Waals surface area contributed by atoms with E-state index in [2.05, 4.69) is 10.2 Å². The van der Waals surface area contributed by atoms with E-state index in [0.29, 0.717) is 5.75 Å². The summed E-state index contributed by atoms with van der Waals surface area (Å²) in [6.45, 7) is 1.88. The third-order valence-corrected chi connectivity index (χ3v) is 2.75. The lowest BCUT2D eigenvalue weighted by Gasteiger charge is -2.01. The molecule has 5 nitrogen and oxygen atoms in total. The quantitative estimate of drug-likeness (QED) is 0.693. The van der Waals surface area contributed by atoms with Crippen LogP contribution in [-0.2, 0) is 7.05 Å². The van der Waals surface area contributed by atoms with E-state index in [9.17, 15) is 0 Å². The Hall–Kier alpha value is -1.06. The van der Waals surface area contributed by atoms with Crippen molar-refractivity contribution in [3.8, 4) is 6.07 Å². The van der Waals surface area contributed by atoms with Crippen molar-refractivity contribution in [1.29, 1.82) is 5.26 Å². The number of hydrogen-bond donors (Lipinski definition) is 1. The molecule has 0 amide bonds. The van der Waals surface area contributed by atoms with Crippen molar-refractivity contribution in [2.75, 3.05) is 5.75 Å². The SMILES string of the molecule is Cc1nnc(SCC(N)C#N)n1C. The molecule has 0 aliphatic heterocycles. The van der Waals surface area contributed by atoms with Gasteiger partial charge in [0, 0.05) is 12.8 Å². The second kappa shape index (κ2) is 4.25. The number of nitriles is 1. The first-order valence-electron chi connectivity index (χ1n) is 3.79. The van der Waals surface area contributed by atoms with Crippen molar-refractivity contribution in [1.82, 2.24) is 14.8 Å². The summed E-state index contributed by atoms with van der Waals surface area (Å²) in [5.74, 6) is 1.40. The minimum atomic E-state index is -0.443. The van der Waals surface area contributed by atoms with Gasteiger partial charge in [-0.25, -0.2) is 0 Å². The molecular weight excluding hydrogens is 186 g/mol. The van der Waals surface area contributed by atoms with Crippen LogP contribution in [0.4, 0.5) is 0 Å². The van der Waals surface area contributed by atoms with Crippen LogP contribution in [-0.4, -0.2) is 26.6 Å². The Labute approximate surface area is 80.9 Å². The molecule has 6 heteroatoms. The molecule has 0 saturated heterocycles. The zero-order valence-corrected chi connectivity index (χ0v) is 8.38. The highest BCUT2D eigenvalue weighted by Gasteiger charge is 2.07. The average Bonchev–Trinajstić information content (AvgIpc) is 2.44. The van der Waals surface area contributed by atoms with Crippen molar-refractivity contribution >= 4 is 11.8 Å². The molecule has 2 N–H and O–H groups in total. The van der Waals surface area contributed by atoms with Gasteiger partial charge in [0.1, 0.15) is 11.9 Å². The maximum atomic E-state index is 8.46. The first-order valence-corrected chi connectivity index (χ1v) is 4.77. The predicted octanol–water partition coefficient (Wildman–Crippen LogP) is 0.0665. The lowest BCUT2D eigenvalue weighted by molar-refractivity contribution is 0.764. The molecule has 0 aliphatic carbocycles. The van der Waals surface area contributed by atoms with Crippen LogP contribution < -0.4 is 5.73 Å². The highest BCUT2D eigenvalue weighted by molar-refractivity contribution is 7.99.